The van der Waals surface area contributed by atoms with E-state index in [1.54, 1.807) is 6.20 Å². The molecule has 2 heterocycles. The highest BCUT2D eigenvalue weighted by Gasteiger charge is 2.43. The minimum Gasteiger partial charge on any atom is -0.351 e. The summed E-state index contributed by atoms with van der Waals surface area (Å²) in [6.07, 6.45) is 7.52. The Bertz CT molecular complexity index is 396. The van der Waals surface area contributed by atoms with Gasteiger partial charge in [-0.15, -0.1) is 12.4 Å². The molecule has 100 valence electrons. The lowest BCUT2D eigenvalue weighted by Gasteiger charge is -2.36. The van der Waals surface area contributed by atoms with Crippen LogP contribution in [0.4, 0.5) is 0 Å². The van der Waals surface area contributed by atoms with Crippen LogP contribution in [-0.4, -0.2) is 34.8 Å². The standard InChI is InChI=1S/C12H18N4O.ClH/c17-11(15-10-2-3-10)12(4-7-13-8-5-12)16-9-1-6-14-16;/h1,6,9-10,13H,2-5,7-8H2,(H,15,17);1H. The second kappa shape index (κ2) is 5.28. The quantitative estimate of drug-likeness (QED) is 0.849. The lowest BCUT2D eigenvalue weighted by atomic mass is 9.87. The van der Waals surface area contributed by atoms with Crippen LogP contribution in [-0.2, 0) is 10.3 Å². The maximum atomic E-state index is 12.5. The molecule has 0 unspecified atom stereocenters. The summed E-state index contributed by atoms with van der Waals surface area (Å²) in [5, 5.41) is 10.7. The van der Waals surface area contributed by atoms with Crippen molar-refractivity contribution in [3.63, 3.8) is 0 Å². The van der Waals surface area contributed by atoms with Crippen molar-refractivity contribution in [1.29, 1.82) is 0 Å². The fraction of sp³-hybridized carbons (Fsp3) is 0.667. The third-order valence-electron chi connectivity index (χ3n) is 3.71. The number of carbonyl (C=O) groups excluding carboxylic acids is 1. The van der Waals surface area contributed by atoms with Crippen molar-refractivity contribution < 1.29 is 4.79 Å². The van der Waals surface area contributed by atoms with Gasteiger partial charge < -0.3 is 10.6 Å². The molecule has 1 amide bonds. The van der Waals surface area contributed by atoms with Crippen molar-refractivity contribution in [2.45, 2.75) is 37.3 Å². The summed E-state index contributed by atoms with van der Waals surface area (Å²) in [5.41, 5.74) is -0.475. The first kappa shape index (κ1) is 13.4. The highest BCUT2D eigenvalue weighted by Crippen LogP contribution is 2.29. The molecule has 1 aliphatic carbocycles. The molecule has 5 nitrogen and oxygen atoms in total. The fourth-order valence-corrected chi connectivity index (χ4v) is 2.47. The molecule has 2 aliphatic rings. The van der Waals surface area contributed by atoms with Gasteiger partial charge in [0.25, 0.3) is 0 Å². The van der Waals surface area contributed by atoms with E-state index in [2.05, 4.69) is 15.7 Å². The Labute approximate surface area is 113 Å². The van der Waals surface area contributed by atoms with Gasteiger partial charge in [-0.3, -0.25) is 9.48 Å². The molecule has 0 bridgehead atoms. The zero-order valence-corrected chi connectivity index (χ0v) is 11.1. The number of amides is 1. The van der Waals surface area contributed by atoms with E-state index < -0.39 is 5.54 Å². The van der Waals surface area contributed by atoms with Gasteiger partial charge in [0.2, 0.25) is 5.91 Å². The van der Waals surface area contributed by atoms with Crippen LogP contribution in [0.3, 0.4) is 0 Å². The van der Waals surface area contributed by atoms with Gasteiger partial charge >= 0.3 is 0 Å². The van der Waals surface area contributed by atoms with Crippen molar-refractivity contribution in [1.82, 2.24) is 20.4 Å². The van der Waals surface area contributed by atoms with Gasteiger partial charge in [-0.05, 0) is 44.8 Å². The molecule has 0 spiro atoms. The number of halogens is 1. The number of nitrogens with one attached hydrogen (secondary N) is 2. The van der Waals surface area contributed by atoms with E-state index in [9.17, 15) is 4.79 Å². The lowest BCUT2D eigenvalue weighted by Crippen LogP contribution is -2.55. The fourth-order valence-electron chi connectivity index (χ4n) is 2.47. The predicted octanol–water partition coefficient (Wildman–Crippen LogP) is 0.662. The summed E-state index contributed by atoms with van der Waals surface area (Å²) in [6.45, 7) is 1.75. The highest BCUT2D eigenvalue weighted by molar-refractivity contribution is 5.85. The molecule has 0 aromatic carbocycles. The molecule has 3 rings (SSSR count). The summed E-state index contributed by atoms with van der Waals surface area (Å²) in [7, 11) is 0. The van der Waals surface area contributed by atoms with E-state index in [-0.39, 0.29) is 18.3 Å². The molecular weight excluding hydrogens is 252 g/mol. The third kappa shape index (κ3) is 2.37. The Morgan fingerprint density at radius 2 is 2.11 bits per heavy atom. The Kier molecular flexibility index (Phi) is 3.92. The van der Waals surface area contributed by atoms with Gasteiger partial charge in [0, 0.05) is 18.4 Å². The number of hydrogen-bond acceptors (Lipinski definition) is 3. The Morgan fingerprint density at radius 3 is 2.67 bits per heavy atom. The third-order valence-corrected chi connectivity index (χ3v) is 3.71. The van der Waals surface area contributed by atoms with E-state index in [0.717, 1.165) is 38.8 Å². The van der Waals surface area contributed by atoms with Crippen LogP contribution >= 0.6 is 12.4 Å². The van der Waals surface area contributed by atoms with Gasteiger partial charge in [-0.25, -0.2) is 0 Å². The molecule has 0 atom stereocenters. The van der Waals surface area contributed by atoms with Gasteiger partial charge in [0.1, 0.15) is 5.54 Å². The van der Waals surface area contributed by atoms with Crippen molar-refractivity contribution in [2.75, 3.05) is 13.1 Å². The lowest BCUT2D eigenvalue weighted by molar-refractivity contribution is -0.132. The van der Waals surface area contributed by atoms with Gasteiger partial charge in [0.15, 0.2) is 0 Å². The first-order valence-corrected chi connectivity index (χ1v) is 6.33. The van der Waals surface area contributed by atoms with Crippen LogP contribution in [0, 0.1) is 0 Å². The van der Waals surface area contributed by atoms with Crippen molar-refractivity contribution in [2.24, 2.45) is 0 Å². The number of hydrogen-bond donors (Lipinski definition) is 2. The van der Waals surface area contributed by atoms with Crippen LogP contribution in [0.2, 0.25) is 0 Å². The highest BCUT2D eigenvalue weighted by atomic mass is 35.5. The summed E-state index contributed by atoms with van der Waals surface area (Å²) in [6, 6.07) is 2.29. The van der Waals surface area contributed by atoms with Crippen molar-refractivity contribution in [3.05, 3.63) is 18.5 Å². The van der Waals surface area contributed by atoms with Crippen LogP contribution in [0.15, 0.2) is 18.5 Å². The minimum absolute atomic E-state index is 0. The predicted molar refractivity (Wildman–Crippen MR) is 70.7 cm³/mol. The summed E-state index contributed by atoms with van der Waals surface area (Å²) < 4.78 is 1.84. The van der Waals surface area contributed by atoms with E-state index in [4.69, 9.17) is 0 Å². The Morgan fingerprint density at radius 1 is 1.39 bits per heavy atom. The minimum atomic E-state index is -0.475. The number of piperidine rings is 1. The van der Waals surface area contributed by atoms with E-state index >= 15 is 0 Å². The molecule has 2 N–H and O–H groups in total. The number of nitrogens with zero attached hydrogens (tertiary/aromatic N) is 2. The Balaban J connectivity index is 0.00000120. The summed E-state index contributed by atoms with van der Waals surface area (Å²) >= 11 is 0. The van der Waals surface area contributed by atoms with Crippen molar-refractivity contribution in [3.8, 4) is 0 Å². The van der Waals surface area contributed by atoms with Crippen LogP contribution in [0.25, 0.3) is 0 Å². The van der Waals surface area contributed by atoms with Gasteiger partial charge in [-0.1, -0.05) is 0 Å². The normalized spacial score (nSPS) is 22.0. The summed E-state index contributed by atoms with van der Waals surface area (Å²) in [5.74, 6) is 0.144. The zero-order valence-electron chi connectivity index (χ0n) is 10.3. The molecule has 2 fully saturated rings. The smallest absolute Gasteiger partial charge is 0.248 e. The average Bonchev–Trinajstić information content (AvgIpc) is 3.00. The molecular formula is C12H19ClN4O. The van der Waals surface area contributed by atoms with Crippen LogP contribution in [0.5, 0.6) is 0 Å². The summed E-state index contributed by atoms with van der Waals surface area (Å²) in [4.78, 5) is 12.5. The second-order valence-electron chi connectivity index (χ2n) is 4.98. The van der Waals surface area contributed by atoms with E-state index in [0.29, 0.717) is 6.04 Å². The average molecular weight is 271 g/mol. The molecule has 1 aromatic rings. The first-order valence-electron chi connectivity index (χ1n) is 6.33. The number of rotatable bonds is 3. The molecule has 1 aromatic heterocycles. The first-order chi connectivity index (χ1) is 8.31. The Hall–Kier alpha value is -1.07. The van der Waals surface area contributed by atoms with Gasteiger partial charge in [-0.2, -0.15) is 5.10 Å². The second-order valence-corrected chi connectivity index (χ2v) is 4.98. The molecule has 1 aliphatic heterocycles. The van der Waals surface area contributed by atoms with Crippen molar-refractivity contribution >= 4 is 18.3 Å². The molecule has 1 saturated heterocycles. The van der Waals surface area contributed by atoms with Gasteiger partial charge in [0.05, 0.1) is 0 Å². The maximum absolute atomic E-state index is 12.5. The molecule has 18 heavy (non-hydrogen) atoms. The number of carbonyl (C=O) groups is 1. The molecule has 1 saturated carbocycles. The molecule has 0 radical (unpaired) electrons. The number of aromatic nitrogens is 2. The van der Waals surface area contributed by atoms with E-state index in [1.165, 1.54) is 0 Å². The zero-order chi connectivity index (χ0) is 11.7. The van der Waals surface area contributed by atoms with Crippen LogP contribution < -0.4 is 10.6 Å². The topological polar surface area (TPSA) is 59.0 Å². The SMILES string of the molecule is Cl.O=C(NC1CC1)C1(n2cccn2)CCNCC1. The largest absolute Gasteiger partial charge is 0.351 e. The maximum Gasteiger partial charge on any atom is 0.248 e. The van der Waals surface area contributed by atoms with Crippen LogP contribution in [0.1, 0.15) is 25.7 Å². The molecule has 6 heteroatoms. The monoisotopic (exact) mass is 270 g/mol. The van der Waals surface area contributed by atoms with E-state index in [1.807, 2.05) is 16.9 Å².